The molecular formula is C17H18N6O. The standard InChI is InChI=1S/C17H18N6O/c24-12-13-6-8-14(9-7-13)22(17-18-10-3-11-19-17)23-16-5-2-1-4-15(16)20-21-23/h1-5,10-14H,6-9H2. The van der Waals surface area contributed by atoms with Gasteiger partial charge in [-0.25, -0.2) is 15.0 Å². The summed E-state index contributed by atoms with van der Waals surface area (Å²) in [6, 6.07) is 9.82. The lowest BCUT2D eigenvalue weighted by Crippen LogP contribution is -2.43. The van der Waals surface area contributed by atoms with Crippen LogP contribution in [0, 0.1) is 5.92 Å². The van der Waals surface area contributed by atoms with Crippen molar-refractivity contribution in [1.82, 2.24) is 25.1 Å². The Morgan fingerprint density at radius 3 is 2.54 bits per heavy atom. The van der Waals surface area contributed by atoms with Crippen molar-refractivity contribution in [3.63, 3.8) is 0 Å². The Kier molecular flexibility index (Phi) is 3.90. The van der Waals surface area contributed by atoms with E-state index in [2.05, 4.69) is 20.3 Å². The van der Waals surface area contributed by atoms with E-state index in [1.54, 1.807) is 23.3 Å². The van der Waals surface area contributed by atoms with E-state index in [9.17, 15) is 4.79 Å². The van der Waals surface area contributed by atoms with Crippen LogP contribution in [0.2, 0.25) is 0 Å². The van der Waals surface area contributed by atoms with Crippen LogP contribution in [-0.2, 0) is 4.79 Å². The number of aromatic nitrogens is 5. The van der Waals surface area contributed by atoms with Crippen LogP contribution in [0.4, 0.5) is 5.95 Å². The van der Waals surface area contributed by atoms with Crippen molar-refractivity contribution in [2.75, 3.05) is 5.01 Å². The molecule has 0 unspecified atom stereocenters. The molecule has 0 amide bonds. The van der Waals surface area contributed by atoms with Crippen molar-refractivity contribution in [2.45, 2.75) is 31.7 Å². The molecule has 7 heteroatoms. The summed E-state index contributed by atoms with van der Waals surface area (Å²) in [6.07, 6.45) is 8.08. The third kappa shape index (κ3) is 2.62. The number of nitrogens with zero attached hydrogens (tertiary/aromatic N) is 6. The highest BCUT2D eigenvalue weighted by Crippen LogP contribution is 2.29. The normalized spacial score (nSPS) is 20.8. The lowest BCUT2D eigenvalue weighted by atomic mass is 9.87. The van der Waals surface area contributed by atoms with Crippen LogP contribution in [0.25, 0.3) is 11.0 Å². The van der Waals surface area contributed by atoms with Gasteiger partial charge < -0.3 is 4.79 Å². The molecule has 0 saturated heterocycles. The van der Waals surface area contributed by atoms with Crippen molar-refractivity contribution >= 4 is 23.3 Å². The van der Waals surface area contributed by atoms with Gasteiger partial charge in [-0.15, -0.1) is 9.89 Å². The van der Waals surface area contributed by atoms with Crippen molar-refractivity contribution < 1.29 is 4.79 Å². The monoisotopic (exact) mass is 322 g/mol. The van der Waals surface area contributed by atoms with Gasteiger partial charge in [0.15, 0.2) is 0 Å². The Bertz CT molecular complexity index is 825. The first-order valence-electron chi connectivity index (χ1n) is 8.19. The van der Waals surface area contributed by atoms with Gasteiger partial charge in [0.1, 0.15) is 17.3 Å². The lowest BCUT2D eigenvalue weighted by molar-refractivity contribution is -0.111. The third-order valence-electron chi connectivity index (χ3n) is 4.58. The second kappa shape index (κ2) is 6.35. The van der Waals surface area contributed by atoms with Crippen molar-refractivity contribution in [2.24, 2.45) is 5.92 Å². The van der Waals surface area contributed by atoms with Crippen LogP contribution in [0.15, 0.2) is 42.7 Å². The van der Waals surface area contributed by atoms with Gasteiger partial charge in [0, 0.05) is 18.3 Å². The number of hydrogen-bond acceptors (Lipinski definition) is 6. The largest absolute Gasteiger partial charge is 0.303 e. The fourth-order valence-corrected chi connectivity index (χ4v) is 3.31. The molecule has 0 radical (unpaired) electrons. The second-order valence-corrected chi connectivity index (χ2v) is 6.07. The Balaban J connectivity index is 1.75. The topological polar surface area (TPSA) is 76.8 Å². The fraction of sp³-hybridized carbons (Fsp3) is 0.353. The summed E-state index contributed by atoms with van der Waals surface area (Å²) in [7, 11) is 0. The maximum atomic E-state index is 11.0. The lowest BCUT2D eigenvalue weighted by Gasteiger charge is -2.35. The maximum absolute atomic E-state index is 11.0. The summed E-state index contributed by atoms with van der Waals surface area (Å²) in [6.45, 7) is 0. The van der Waals surface area contributed by atoms with Gasteiger partial charge in [0.2, 0.25) is 5.95 Å². The number of aldehydes is 1. The highest BCUT2D eigenvalue weighted by molar-refractivity contribution is 5.74. The van der Waals surface area contributed by atoms with Gasteiger partial charge in [-0.1, -0.05) is 12.1 Å². The van der Waals surface area contributed by atoms with E-state index in [-0.39, 0.29) is 12.0 Å². The minimum atomic E-state index is 0.160. The van der Waals surface area contributed by atoms with E-state index in [0.29, 0.717) is 5.95 Å². The minimum absolute atomic E-state index is 0.160. The number of carbonyl (C=O) groups is 1. The number of rotatable bonds is 4. The molecule has 1 aromatic carbocycles. The Morgan fingerprint density at radius 1 is 1.04 bits per heavy atom. The van der Waals surface area contributed by atoms with Gasteiger partial charge in [-0.05, 0) is 49.1 Å². The predicted octanol–water partition coefficient (Wildman–Crippen LogP) is 2.25. The number of carbonyl (C=O) groups excluding carboxylic acids is 1. The first kappa shape index (κ1) is 14.7. The molecule has 0 N–H and O–H groups in total. The van der Waals surface area contributed by atoms with E-state index < -0.39 is 0 Å². The molecule has 0 aliphatic heterocycles. The molecule has 3 aromatic rings. The number of benzene rings is 1. The summed E-state index contributed by atoms with van der Waals surface area (Å²) in [5.41, 5.74) is 1.75. The van der Waals surface area contributed by atoms with Gasteiger partial charge in [0.05, 0.1) is 6.04 Å². The van der Waals surface area contributed by atoms with Gasteiger partial charge >= 0.3 is 0 Å². The van der Waals surface area contributed by atoms with E-state index in [4.69, 9.17) is 0 Å². The molecule has 1 aliphatic rings. The van der Waals surface area contributed by atoms with Crippen LogP contribution >= 0.6 is 0 Å². The molecule has 4 rings (SSSR count). The number of para-hydroxylation sites is 1. The summed E-state index contributed by atoms with van der Waals surface area (Å²) in [5.74, 6) is 0.759. The first-order valence-corrected chi connectivity index (χ1v) is 8.19. The maximum Gasteiger partial charge on any atom is 0.246 e. The highest BCUT2D eigenvalue weighted by Gasteiger charge is 2.30. The molecule has 2 aromatic heterocycles. The zero-order valence-electron chi connectivity index (χ0n) is 13.2. The van der Waals surface area contributed by atoms with Crippen molar-refractivity contribution in [1.29, 1.82) is 0 Å². The molecule has 0 bridgehead atoms. The average Bonchev–Trinajstić information content (AvgIpc) is 3.07. The second-order valence-electron chi connectivity index (χ2n) is 6.07. The molecule has 24 heavy (non-hydrogen) atoms. The van der Waals surface area contributed by atoms with Crippen LogP contribution in [0.1, 0.15) is 25.7 Å². The summed E-state index contributed by atoms with van der Waals surface area (Å²) in [4.78, 5) is 21.7. The van der Waals surface area contributed by atoms with Gasteiger partial charge in [-0.3, -0.25) is 0 Å². The molecular weight excluding hydrogens is 304 g/mol. The van der Waals surface area contributed by atoms with E-state index >= 15 is 0 Å². The zero-order chi connectivity index (χ0) is 16.4. The molecule has 7 nitrogen and oxygen atoms in total. The van der Waals surface area contributed by atoms with Crippen LogP contribution in [0.3, 0.4) is 0 Å². The SMILES string of the molecule is O=CC1CCC(N(c2ncccn2)n2nnc3ccccc32)CC1. The molecule has 122 valence electrons. The molecule has 1 aliphatic carbocycles. The Hall–Kier alpha value is -2.83. The minimum Gasteiger partial charge on any atom is -0.303 e. The Labute approximate surface area is 139 Å². The quantitative estimate of drug-likeness (QED) is 0.686. The zero-order valence-corrected chi connectivity index (χ0v) is 13.2. The smallest absolute Gasteiger partial charge is 0.246 e. The van der Waals surface area contributed by atoms with E-state index in [0.717, 1.165) is 43.0 Å². The van der Waals surface area contributed by atoms with Crippen molar-refractivity contribution in [3.05, 3.63) is 42.7 Å². The molecule has 0 spiro atoms. The molecule has 0 atom stereocenters. The average molecular weight is 322 g/mol. The van der Waals surface area contributed by atoms with Crippen LogP contribution in [0.5, 0.6) is 0 Å². The van der Waals surface area contributed by atoms with Gasteiger partial charge in [-0.2, -0.15) is 0 Å². The Morgan fingerprint density at radius 2 is 1.79 bits per heavy atom. The molecule has 1 saturated carbocycles. The summed E-state index contributed by atoms with van der Waals surface area (Å²) in [5, 5.41) is 10.6. The number of hydrogen-bond donors (Lipinski definition) is 0. The highest BCUT2D eigenvalue weighted by atomic mass is 16.1. The number of fused-ring (bicyclic) bond motifs is 1. The van der Waals surface area contributed by atoms with Gasteiger partial charge in [0.25, 0.3) is 0 Å². The van der Waals surface area contributed by atoms with E-state index in [1.807, 2.05) is 29.3 Å². The summed E-state index contributed by atoms with van der Waals surface area (Å²) < 4.78 is 0. The number of anilines is 1. The van der Waals surface area contributed by atoms with Crippen LogP contribution in [-0.4, -0.2) is 37.4 Å². The molecule has 2 heterocycles. The predicted molar refractivity (Wildman–Crippen MR) is 89.2 cm³/mol. The first-order chi connectivity index (χ1) is 11.9. The van der Waals surface area contributed by atoms with Crippen molar-refractivity contribution in [3.8, 4) is 0 Å². The third-order valence-corrected chi connectivity index (χ3v) is 4.58. The van der Waals surface area contributed by atoms with E-state index in [1.165, 1.54) is 0 Å². The summed E-state index contributed by atoms with van der Waals surface area (Å²) >= 11 is 0. The molecule has 1 fully saturated rings. The fourth-order valence-electron chi connectivity index (χ4n) is 3.31. The van der Waals surface area contributed by atoms with Crippen LogP contribution < -0.4 is 5.01 Å².